The summed E-state index contributed by atoms with van der Waals surface area (Å²) in [6, 6.07) is 14.7. The topological polar surface area (TPSA) is 59.1 Å². The number of para-hydroxylation sites is 1. The maximum Gasteiger partial charge on any atom is 0.278 e. The van der Waals surface area contributed by atoms with Crippen LogP contribution in [-0.2, 0) is 9.59 Å². The van der Waals surface area contributed by atoms with Crippen LogP contribution in [0.25, 0.3) is 5.57 Å². The number of nitrogens with zero attached hydrogens (tertiary/aromatic N) is 2. The number of likely N-dealkylation sites (N-methyl/N-ethyl adjacent to an activating group) is 1. The summed E-state index contributed by atoms with van der Waals surface area (Å²) in [7, 11) is 3.08. The first-order valence-electron chi connectivity index (χ1n) is 9.33. The largest absolute Gasteiger partial charge is 0.493 e. The lowest BCUT2D eigenvalue weighted by atomic mass is 10.0. The fourth-order valence-corrected chi connectivity index (χ4v) is 3.44. The van der Waals surface area contributed by atoms with Crippen molar-refractivity contribution < 1.29 is 19.1 Å². The highest BCUT2D eigenvalue weighted by molar-refractivity contribution is 6.36. The molecular weight excluding hydrogens is 368 g/mol. The van der Waals surface area contributed by atoms with Crippen LogP contribution in [-0.4, -0.2) is 44.0 Å². The number of carbonyl (C=O) groups excluding carboxylic acids is 2. The first-order chi connectivity index (χ1) is 14.1. The van der Waals surface area contributed by atoms with E-state index in [1.165, 1.54) is 12.0 Å². The van der Waals surface area contributed by atoms with E-state index >= 15 is 0 Å². The van der Waals surface area contributed by atoms with E-state index in [1.807, 2.05) is 42.2 Å². The van der Waals surface area contributed by atoms with Crippen LogP contribution in [0.4, 0.5) is 5.69 Å². The zero-order valence-electron chi connectivity index (χ0n) is 16.8. The molecule has 0 unspecified atom stereocenters. The first kappa shape index (κ1) is 20.2. The van der Waals surface area contributed by atoms with E-state index < -0.39 is 0 Å². The Labute approximate surface area is 170 Å². The van der Waals surface area contributed by atoms with Crippen molar-refractivity contribution in [3.05, 3.63) is 72.4 Å². The third-order valence-electron chi connectivity index (χ3n) is 4.78. The third kappa shape index (κ3) is 3.61. The number of imide groups is 1. The molecule has 29 heavy (non-hydrogen) atoms. The quantitative estimate of drug-likeness (QED) is 0.508. The van der Waals surface area contributed by atoms with Crippen LogP contribution < -0.4 is 14.4 Å². The molecule has 0 radical (unpaired) electrons. The van der Waals surface area contributed by atoms with Crippen LogP contribution >= 0.6 is 0 Å². The van der Waals surface area contributed by atoms with E-state index in [4.69, 9.17) is 9.47 Å². The Morgan fingerprint density at radius 2 is 1.69 bits per heavy atom. The minimum atomic E-state index is -0.355. The van der Waals surface area contributed by atoms with Crippen molar-refractivity contribution in [3.8, 4) is 11.5 Å². The number of methoxy groups -OCH3 is 2. The predicted molar refractivity (Wildman–Crippen MR) is 113 cm³/mol. The average Bonchev–Trinajstić information content (AvgIpc) is 3.00. The molecule has 1 heterocycles. The molecule has 0 aliphatic carbocycles. The number of ether oxygens (including phenoxy) is 2. The molecule has 0 bridgehead atoms. The Morgan fingerprint density at radius 3 is 2.28 bits per heavy atom. The Kier molecular flexibility index (Phi) is 6.02. The van der Waals surface area contributed by atoms with Gasteiger partial charge in [-0.15, -0.1) is 6.58 Å². The number of rotatable bonds is 8. The van der Waals surface area contributed by atoms with E-state index in [2.05, 4.69) is 6.58 Å². The highest BCUT2D eigenvalue weighted by atomic mass is 16.5. The van der Waals surface area contributed by atoms with Gasteiger partial charge in [-0.05, 0) is 36.8 Å². The van der Waals surface area contributed by atoms with Crippen molar-refractivity contribution in [2.75, 3.05) is 32.2 Å². The van der Waals surface area contributed by atoms with Gasteiger partial charge >= 0.3 is 0 Å². The van der Waals surface area contributed by atoms with Gasteiger partial charge in [0.05, 0.1) is 19.8 Å². The second-order valence-electron chi connectivity index (χ2n) is 6.38. The van der Waals surface area contributed by atoms with Crippen molar-refractivity contribution in [2.45, 2.75) is 6.92 Å². The summed E-state index contributed by atoms with van der Waals surface area (Å²) in [5.41, 5.74) is 2.11. The standard InChI is InChI=1S/C23H24N2O4/c1-5-14-25-22(26)20(16-12-13-18(28-3)19(15-16)29-4)21(23(25)27)24(6-2)17-10-8-7-9-11-17/h5,7-13,15H,1,6,14H2,2-4H3. The minimum absolute atomic E-state index is 0.143. The van der Waals surface area contributed by atoms with Crippen LogP contribution in [0.5, 0.6) is 11.5 Å². The summed E-state index contributed by atoms with van der Waals surface area (Å²) in [5.74, 6) is 0.340. The lowest BCUT2D eigenvalue weighted by Crippen LogP contribution is -2.35. The van der Waals surface area contributed by atoms with Gasteiger partial charge in [0.15, 0.2) is 11.5 Å². The van der Waals surface area contributed by atoms with Crippen molar-refractivity contribution in [1.82, 2.24) is 4.90 Å². The van der Waals surface area contributed by atoms with E-state index in [0.717, 1.165) is 5.69 Å². The van der Waals surface area contributed by atoms with E-state index in [0.29, 0.717) is 34.9 Å². The molecule has 2 aromatic rings. The molecule has 0 saturated carbocycles. The predicted octanol–water partition coefficient (Wildman–Crippen LogP) is 3.50. The van der Waals surface area contributed by atoms with Crippen molar-refractivity contribution >= 4 is 23.1 Å². The third-order valence-corrected chi connectivity index (χ3v) is 4.78. The number of amides is 2. The van der Waals surface area contributed by atoms with Gasteiger partial charge < -0.3 is 14.4 Å². The SMILES string of the molecule is C=CCN1C(=O)C(c2ccc(OC)c(OC)c2)=C(N(CC)c2ccccc2)C1=O. The Bertz CT molecular complexity index is 966. The molecule has 1 aliphatic rings. The summed E-state index contributed by atoms with van der Waals surface area (Å²) < 4.78 is 10.7. The van der Waals surface area contributed by atoms with Crippen LogP contribution in [0.2, 0.25) is 0 Å². The molecule has 2 amide bonds. The molecule has 0 atom stereocenters. The number of benzene rings is 2. The maximum atomic E-state index is 13.2. The lowest BCUT2D eigenvalue weighted by molar-refractivity contribution is -0.136. The smallest absolute Gasteiger partial charge is 0.278 e. The second kappa shape index (κ2) is 8.65. The molecule has 0 spiro atoms. The molecule has 0 aromatic heterocycles. The van der Waals surface area contributed by atoms with E-state index in [1.54, 1.807) is 31.4 Å². The Balaban J connectivity index is 2.22. The summed E-state index contributed by atoms with van der Waals surface area (Å²) in [6.45, 7) is 6.29. The van der Waals surface area contributed by atoms with Crippen molar-refractivity contribution in [3.63, 3.8) is 0 Å². The molecule has 1 aliphatic heterocycles. The maximum absolute atomic E-state index is 13.2. The zero-order valence-corrected chi connectivity index (χ0v) is 16.8. The summed E-state index contributed by atoms with van der Waals surface area (Å²) in [5, 5.41) is 0. The fraction of sp³-hybridized carbons (Fsp3) is 0.217. The van der Waals surface area contributed by atoms with Crippen molar-refractivity contribution in [1.29, 1.82) is 0 Å². The first-order valence-corrected chi connectivity index (χ1v) is 9.33. The number of hydrogen-bond acceptors (Lipinski definition) is 5. The summed E-state index contributed by atoms with van der Waals surface area (Å²) in [6.07, 6.45) is 1.55. The molecule has 0 fully saturated rings. The molecule has 150 valence electrons. The number of anilines is 1. The van der Waals surface area contributed by atoms with Gasteiger partial charge in [-0.2, -0.15) is 0 Å². The number of carbonyl (C=O) groups is 2. The van der Waals surface area contributed by atoms with E-state index in [-0.39, 0.29) is 18.4 Å². The van der Waals surface area contributed by atoms with Crippen LogP contribution in [0.3, 0.4) is 0 Å². The van der Waals surface area contributed by atoms with Gasteiger partial charge in [0.1, 0.15) is 5.70 Å². The van der Waals surface area contributed by atoms with Gasteiger partial charge in [-0.25, -0.2) is 0 Å². The Morgan fingerprint density at radius 1 is 1.00 bits per heavy atom. The highest BCUT2D eigenvalue weighted by Crippen LogP contribution is 2.37. The Hall–Kier alpha value is -3.54. The average molecular weight is 392 g/mol. The van der Waals surface area contributed by atoms with Crippen LogP contribution in [0.15, 0.2) is 66.9 Å². The lowest BCUT2D eigenvalue weighted by Gasteiger charge is -2.24. The summed E-state index contributed by atoms with van der Waals surface area (Å²) >= 11 is 0. The van der Waals surface area contributed by atoms with Gasteiger partial charge in [-0.3, -0.25) is 14.5 Å². The van der Waals surface area contributed by atoms with Crippen LogP contribution in [0, 0.1) is 0 Å². The van der Waals surface area contributed by atoms with Gasteiger partial charge in [0.25, 0.3) is 11.8 Å². The van der Waals surface area contributed by atoms with Crippen LogP contribution in [0.1, 0.15) is 12.5 Å². The van der Waals surface area contributed by atoms with Crippen molar-refractivity contribution in [2.24, 2.45) is 0 Å². The molecule has 6 heteroatoms. The normalized spacial score (nSPS) is 13.7. The molecule has 3 rings (SSSR count). The summed E-state index contributed by atoms with van der Waals surface area (Å²) in [4.78, 5) is 29.5. The highest BCUT2D eigenvalue weighted by Gasteiger charge is 2.41. The number of hydrogen-bond donors (Lipinski definition) is 0. The monoisotopic (exact) mass is 392 g/mol. The van der Waals surface area contributed by atoms with Gasteiger partial charge in [-0.1, -0.05) is 30.3 Å². The zero-order chi connectivity index (χ0) is 21.0. The molecule has 0 N–H and O–H groups in total. The molecule has 6 nitrogen and oxygen atoms in total. The van der Waals surface area contributed by atoms with E-state index in [9.17, 15) is 9.59 Å². The molecule has 2 aromatic carbocycles. The second-order valence-corrected chi connectivity index (χ2v) is 6.38. The van der Waals surface area contributed by atoms with Gasteiger partial charge in [0, 0.05) is 18.8 Å². The molecular formula is C23H24N2O4. The molecule has 0 saturated heterocycles. The fourth-order valence-electron chi connectivity index (χ4n) is 3.44. The minimum Gasteiger partial charge on any atom is -0.493 e. The van der Waals surface area contributed by atoms with Gasteiger partial charge in [0.2, 0.25) is 0 Å².